The third-order valence-electron chi connectivity index (χ3n) is 4.63. The van der Waals surface area contributed by atoms with Gasteiger partial charge in [0.15, 0.2) is 11.5 Å². The fourth-order valence-corrected chi connectivity index (χ4v) is 3.61. The van der Waals surface area contributed by atoms with Gasteiger partial charge in [-0.25, -0.2) is 4.79 Å². The molecule has 0 unspecified atom stereocenters. The maximum absolute atomic E-state index is 12.9. The standard InChI is InChI=1S/C19H17BrN2O4/c1-11-3-5-14(6-4-11)22-12(2)18(23)21(19(22)24)9-13-7-16-17(8-15(13)20)26-10-25-16/h3-8,12H,9-10H2,1-2H3/t12-/m1/s1. The minimum atomic E-state index is -0.544. The van der Waals surface area contributed by atoms with Crippen molar-refractivity contribution in [1.82, 2.24) is 4.90 Å². The van der Waals surface area contributed by atoms with Crippen molar-refractivity contribution in [1.29, 1.82) is 0 Å². The molecular formula is C19H17BrN2O4. The highest BCUT2D eigenvalue weighted by Gasteiger charge is 2.43. The minimum absolute atomic E-state index is 0.168. The van der Waals surface area contributed by atoms with Crippen LogP contribution in [0.2, 0.25) is 0 Å². The molecule has 1 saturated heterocycles. The summed E-state index contributed by atoms with van der Waals surface area (Å²) in [6, 6.07) is 10.3. The van der Waals surface area contributed by atoms with E-state index in [0.29, 0.717) is 17.2 Å². The average molecular weight is 417 g/mol. The molecule has 0 aromatic heterocycles. The first-order chi connectivity index (χ1) is 12.5. The number of anilines is 1. The summed E-state index contributed by atoms with van der Waals surface area (Å²) in [7, 11) is 0. The number of fused-ring (bicyclic) bond motifs is 1. The summed E-state index contributed by atoms with van der Waals surface area (Å²) in [5.41, 5.74) is 2.60. The lowest BCUT2D eigenvalue weighted by atomic mass is 10.2. The van der Waals surface area contributed by atoms with Gasteiger partial charge in [0.05, 0.1) is 6.54 Å². The van der Waals surface area contributed by atoms with Gasteiger partial charge in [0.1, 0.15) is 6.04 Å². The van der Waals surface area contributed by atoms with Crippen LogP contribution in [0.5, 0.6) is 11.5 Å². The molecule has 1 fully saturated rings. The number of amides is 3. The second-order valence-electron chi connectivity index (χ2n) is 6.39. The van der Waals surface area contributed by atoms with E-state index >= 15 is 0 Å². The Morgan fingerprint density at radius 1 is 1.12 bits per heavy atom. The predicted octanol–water partition coefficient (Wildman–Crippen LogP) is 3.84. The zero-order valence-corrected chi connectivity index (χ0v) is 15.9. The molecule has 0 saturated carbocycles. The van der Waals surface area contributed by atoms with Crippen molar-refractivity contribution in [2.75, 3.05) is 11.7 Å². The molecule has 2 aliphatic rings. The Hall–Kier alpha value is -2.54. The van der Waals surface area contributed by atoms with Crippen LogP contribution in [0.3, 0.4) is 0 Å². The second kappa shape index (κ2) is 6.32. The smallest absolute Gasteiger partial charge is 0.332 e. The lowest BCUT2D eigenvalue weighted by Gasteiger charge is -2.20. The highest BCUT2D eigenvalue weighted by molar-refractivity contribution is 9.10. The molecule has 6 nitrogen and oxygen atoms in total. The lowest BCUT2D eigenvalue weighted by Crippen LogP contribution is -2.33. The van der Waals surface area contributed by atoms with Gasteiger partial charge in [-0.15, -0.1) is 0 Å². The van der Waals surface area contributed by atoms with Gasteiger partial charge in [-0.3, -0.25) is 14.6 Å². The van der Waals surface area contributed by atoms with Crippen LogP contribution in [0.1, 0.15) is 18.1 Å². The number of carbonyl (C=O) groups is 2. The number of benzene rings is 2. The number of hydrogen-bond acceptors (Lipinski definition) is 4. The topological polar surface area (TPSA) is 59.1 Å². The van der Waals surface area contributed by atoms with Crippen LogP contribution >= 0.6 is 15.9 Å². The van der Waals surface area contributed by atoms with Crippen molar-refractivity contribution < 1.29 is 19.1 Å². The maximum Gasteiger partial charge on any atom is 0.332 e. The molecule has 7 heteroatoms. The molecule has 0 bridgehead atoms. The van der Waals surface area contributed by atoms with Crippen molar-refractivity contribution in [2.24, 2.45) is 0 Å². The first-order valence-corrected chi connectivity index (χ1v) is 9.04. The van der Waals surface area contributed by atoms with E-state index in [1.807, 2.05) is 31.2 Å². The molecule has 4 rings (SSSR count). The van der Waals surface area contributed by atoms with Crippen LogP contribution in [0.15, 0.2) is 40.9 Å². The van der Waals surface area contributed by atoms with Crippen molar-refractivity contribution in [2.45, 2.75) is 26.4 Å². The lowest BCUT2D eigenvalue weighted by molar-refractivity contribution is -0.127. The Balaban J connectivity index is 1.62. The first kappa shape index (κ1) is 16.9. The van der Waals surface area contributed by atoms with Crippen molar-refractivity contribution in [3.63, 3.8) is 0 Å². The second-order valence-corrected chi connectivity index (χ2v) is 7.24. The van der Waals surface area contributed by atoms with Crippen molar-refractivity contribution in [3.05, 3.63) is 52.0 Å². The molecule has 1 atom stereocenters. The maximum atomic E-state index is 12.9. The van der Waals surface area contributed by atoms with Gasteiger partial charge in [0.2, 0.25) is 6.79 Å². The molecule has 134 valence electrons. The highest BCUT2D eigenvalue weighted by atomic mass is 79.9. The van der Waals surface area contributed by atoms with Crippen molar-refractivity contribution in [3.8, 4) is 11.5 Å². The Morgan fingerprint density at radius 3 is 2.46 bits per heavy atom. The summed E-state index contributed by atoms with van der Waals surface area (Å²) in [5.74, 6) is 1.04. The first-order valence-electron chi connectivity index (χ1n) is 8.25. The van der Waals surface area contributed by atoms with Crippen LogP contribution in [0.25, 0.3) is 0 Å². The Morgan fingerprint density at radius 2 is 1.77 bits per heavy atom. The Kier molecular flexibility index (Phi) is 4.11. The normalized spacial score (nSPS) is 18.8. The molecule has 0 aliphatic carbocycles. The molecule has 3 amide bonds. The number of aryl methyl sites for hydroxylation is 1. The van der Waals surface area contributed by atoms with Crippen molar-refractivity contribution >= 4 is 33.6 Å². The van der Waals surface area contributed by atoms with E-state index in [4.69, 9.17) is 9.47 Å². The predicted molar refractivity (Wildman–Crippen MR) is 99.3 cm³/mol. The van der Waals surface area contributed by atoms with Crippen LogP contribution in [0.4, 0.5) is 10.5 Å². The van der Waals surface area contributed by atoms with E-state index in [1.165, 1.54) is 9.80 Å². The van der Waals surface area contributed by atoms with E-state index in [0.717, 1.165) is 15.6 Å². The highest BCUT2D eigenvalue weighted by Crippen LogP contribution is 2.38. The van der Waals surface area contributed by atoms with E-state index in [-0.39, 0.29) is 25.3 Å². The summed E-state index contributed by atoms with van der Waals surface area (Å²) in [5, 5.41) is 0. The summed E-state index contributed by atoms with van der Waals surface area (Å²) in [4.78, 5) is 28.4. The minimum Gasteiger partial charge on any atom is -0.454 e. The molecule has 0 spiro atoms. The average Bonchev–Trinajstić information content (AvgIpc) is 3.14. The van der Waals surface area contributed by atoms with Crippen LogP contribution in [-0.4, -0.2) is 29.7 Å². The van der Waals surface area contributed by atoms with Gasteiger partial charge in [-0.1, -0.05) is 33.6 Å². The van der Waals surface area contributed by atoms with E-state index in [9.17, 15) is 9.59 Å². The number of urea groups is 1. The number of nitrogens with zero attached hydrogens (tertiary/aromatic N) is 2. The molecular weight excluding hydrogens is 400 g/mol. The molecule has 0 radical (unpaired) electrons. The van der Waals surface area contributed by atoms with Crippen LogP contribution in [0, 0.1) is 6.92 Å². The van der Waals surface area contributed by atoms with Gasteiger partial charge in [-0.2, -0.15) is 0 Å². The van der Waals surface area contributed by atoms with Gasteiger partial charge in [0.25, 0.3) is 5.91 Å². The number of carbonyl (C=O) groups excluding carboxylic acids is 2. The summed E-state index contributed by atoms with van der Waals surface area (Å²) in [6.45, 7) is 4.06. The summed E-state index contributed by atoms with van der Waals surface area (Å²) >= 11 is 3.48. The molecule has 0 N–H and O–H groups in total. The number of hydrogen-bond donors (Lipinski definition) is 0. The zero-order chi connectivity index (χ0) is 18.4. The van der Waals surface area contributed by atoms with Gasteiger partial charge in [0, 0.05) is 10.2 Å². The van der Waals surface area contributed by atoms with Gasteiger partial charge >= 0.3 is 6.03 Å². The quantitative estimate of drug-likeness (QED) is 0.713. The molecule has 2 aromatic carbocycles. The van der Waals surface area contributed by atoms with Gasteiger partial charge in [-0.05, 0) is 43.7 Å². The molecule has 26 heavy (non-hydrogen) atoms. The number of halogens is 1. The van der Waals surface area contributed by atoms with Gasteiger partial charge < -0.3 is 9.47 Å². The fourth-order valence-electron chi connectivity index (χ4n) is 3.16. The van der Waals surface area contributed by atoms with Crippen LogP contribution in [-0.2, 0) is 11.3 Å². The Labute approximate surface area is 159 Å². The molecule has 2 aliphatic heterocycles. The third-order valence-corrected chi connectivity index (χ3v) is 5.37. The third kappa shape index (κ3) is 2.72. The summed E-state index contributed by atoms with van der Waals surface area (Å²) in [6.07, 6.45) is 0. The monoisotopic (exact) mass is 416 g/mol. The van der Waals surface area contributed by atoms with E-state index < -0.39 is 6.04 Å². The van der Waals surface area contributed by atoms with E-state index in [1.54, 1.807) is 19.1 Å². The largest absolute Gasteiger partial charge is 0.454 e. The number of ether oxygens (including phenoxy) is 2. The Bertz CT molecular complexity index is 897. The number of rotatable bonds is 3. The van der Waals surface area contributed by atoms with Crippen LogP contribution < -0.4 is 14.4 Å². The molecule has 2 aromatic rings. The zero-order valence-electron chi connectivity index (χ0n) is 14.4. The fraction of sp³-hybridized carbons (Fsp3) is 0.263. The SMILES string of the molecule is Cc1ccc(N2C(=O)N(Cc3cc4c(cc3Br)OCO4)C(=O)[C@H]2C)cc1. The number of imide groups is 1. The summed E-state index contributed by atoms with van der Waals surface area (Å²) < 4.78 is 11.5. The van der Waals surface area contributed by atoms with E-state index in [2.05, 4.69) is 15.9 Å². The molecule has 2 heterocycles.